The van der Waals surface area contributed by atoms with E-state index in [1.807, 2.05) is 0 Å². The number of benzene rings is 1. The third-order valence-corrected chi connectivity index (χ3v) is 3.46. The minimum Gasteiger partial charge on any atom is -0.449 e. The molecular weight excluding hydrogens is 316 g/mol. The topological polar surface area (TPSA) is 99.0 Å². The number of non-ortho nitro benzene ring substituents is 1. The number of hydrogen-bond donors (Lipinski definition) is 0. The molecule has 0 spiro atoms. The number of morpholine rings is 1. The zero-order valence-corrected chi connectivity index (χ0v) is 13.2. The summed E-state index contributed by atoms with van der Waals surface area (Å²) < 4.78 is 10.2. The van der Waals surface area contributed by atoms with Gasteiger partial charge in [0.15, 0.2) is 6.10 Å². The van der Waals surface area contributed by atoms with Crippen LogP contribution in [-0.4, -0.2) is 54.1 Å². The van der Waals surface area contributed by atoms with E-state index in [0.29, 0.717) is 31.9 Å². The molecule has 128 valence electrons. The Kier molecular flexibility index (Phi) is 6.02. The van der Waals surface area contributed by atoms with E-state index < -0.39 is 17.0 Å². The summed E-state index contributed by atoms with van der Waals surface area (Å²) in [6, 6.07) is 5.84. The quantitative estimate of drug-likeness (QED) is 0.349. The van der Waals surface area contributed by atoms with Gasteiger partial charge in [0.25, 0.3) is 11.6 Å². The summed E-state index contributed by atoms with van der Waals surface area (Å²) in [6.45, 7) is 3.41. The minimum absolute atomic E-state index is 0.0682. The minimum atomic E-state index is -0.898. The first-order valence-electron chi connectivity index (χ1n) is 7.47. The van der Waals surface area contributed by atoms with Gasteiger partial charge in [-0.3, -0.25) is 14.9 Å². The maximum absolute atomic E-state index is 12.1. The van der Waals surface area contributed by atoms with Crippen LogP contribution < -0.4 is 0 Å². The van der Waals surface area contributed by atoms with Crippen LogP contribution in [0.5, 0.6) is 0 Å². The van der Waals surface area contributed by atoms with Gasteiger partial charge in [-0.2, -0.15) is 0 Å². The number of nitro groups is 1. The van der Waals surface area contributed by atoms with Crippen molar-refractivity contribution in [3.63, 3.8) is 0 Å². The molecule has 1 amide bonds. The Balaban J connectivity index is 1.91. The molecule has 1 fully saturated rings. The summed E-state index contributed by atoms with van der Waals surface area (Å²) in [4.78, 5) is 35.7. The van der Waals surface area contributed by atoms with Gasteiger partial charge in [-0.05, 0) is 18.6 Å². The Morgan fingerprint density at radius 3 is 2.75 bits per heavy atom. The second kappa shape index (κ2) is 8.21. The van der Waals surface area contributed by atoms with E-state index in [0.717, 1.165) is 6.08 Å². The second-order valence-corrected chi connectivity index (χ2v) is 5.20. The van der Waals surface area contributed by atoms with Gasteiger partial charge in [0.05, 0.1) is 18.1 Å². The van der Waals surface area contributed by atoms with Crippen molar-refractivity contribution >= 4 is 23.6 Å². The maximum Gasteiger partial charge on any atom is 0.331 e. The number of hydrogen-bond acceptors (Lipinski definition) is 6. The van der Waals surface area contributed by atoms with E-state index in [2.05, 4.69) is 0 Å². The molecule has 1 aromatic rings. The first-order chi connectivity index (χ1) is 11.5. The van der Waals surface area contributed by atoms with Crippen LogP contribution in [0.3, 0.4) is 0 Å². The molecule has 1 unspecified atom stereocenters. The summed E-state index contributed by atoms with van der Waals surface area (Å²) in [5.74, 6) is -0.953. The fourth-order valence-corrected chi connectivity index (χ4v) is 2.21. The molecule has 1 aliphatic heterocycles. The summed E-state index contributed by atoms with van der Waals surface area (Å²) >= 11 is 0. The maximum atomic E-state index is 12.1. The predicted octanol–water partition coefficient (Wildman–Crippen LogP) is 1.40. The largest absolute Gasteiger partial charge is 0.449 e. The van der Waals surface area contributed by atoms with Crippen molar-refractivity contribution in [1.29, 1.82) is 0 Å². The zero-order chi connectivity index (χ0) is 17.5. The average molecular weight is 334 g/mol. The number of nitro benzene ring substituents is 1. The van der Waals surface area contributed by atoms with E-state index in [1.54, 1.807) is 11.0 Å². The zero-order valence-electron chi connectivity index (χ0n) is 13.2. The van der Waals surface area contributed by atoms with Crippen molar-refractivity contribution < 1.29 is 24.0 Å². The summed E-state index contributed by atoms with van der Waals surface area (Å²) in [6.07, 6.45) is 1.65. The standard InChI is InChI=1S/C16H18N2O6/c1-12(16(20)17-7-9-23-10-8-17)24-15(19)6-5-13-3-2-4-14(11-13)18(21)22/h2-6,11-12H,7-10H2,1H3/b6-5+. The fraction of sp³-hybridized carbons (Fsp3) is 0.375. The molecule has 0 bridgehead atoms. The van der Waals surface area contributed by atoms with E-state index in [-0.39, 0.29) is 11.6 Å². The lowest BCUT2D eigenvalue weighted by Gasteiger charge is -2.28. The highest BCUT2D eigenvalue weighted by Crippen LogP contribution is 2.14. The fourth-order valence-electron chi connectivity index (χ4n) is 2.21. The highest BCUT2D eigenvalue weighted by atomic mass is 16.6. The van der Waals surface area contributed by atoms with Crippen LogP contribution in [-0.2, 0) is 19.1 Å². The summed E-state index contributed by atoms with van der Waals surface area (Å²) in [5.41, 5.74) is 0.426. The molecule has 8 heteroatoms. The molecule has 0 N–H and O–H groups in total. The lowest BCUT2D eigenvalue weighted by atomic mass is 10.2. The molecule has 0 aliphatic carbocycles. The SMILES string of the molecule is CC(OC(=O)/C=C/c1cccc([N+](=O)[O-])c1)C(=O)N1CCOCC1. The molecule has 1 atom stereocenters. The third kappa shape index (κ3) is 4.88. The lowest BCUT2D eigenvalue weighted by Crippen LogP contribution is -2.45. The van der Waals surface area contributed by atoms with Crippen molar-refractivity contribution in [3.8, 4) is 0 Å². The van der Waals surface area contributed by atoms with Crippen LogP contribution in [0, 0.1) is 10.1 Å². The van der Waals surface area contributed by atoms with Crippen LogP contribution in [0.1, 0.15) is 12.5 Å². The normalized spacial score (nSPS) is 16.0. The van der Waals surface area contributed by atoms with E-state index in [1.165, 1.54) is 31.2 Å². The first-order valence-corrected chi connectivity index (χ1v) is 7.47. The summed E-state index contributed by atoms with van der Waals surface area (Å²) in [7, 11) is 0. The van der Waals surface area contributed by atoms with Crippen LogP contribution in [0.2, 0.25) is 0 Å². The number of nitrogens with zero attached hydrogens (tertiary/aromatic N) is 2. The van der Waals surface area contributed by atoms with Crippen molar-refractivity contribution in [2.45, 2.75) is 13.0 Å². The number of esters is 1. The number of carbonyl (C=O) groups excluding carboxylic acids is 2. The molecule has 0 saturated carbocycles. The molecule has 2 rings (SSSR count). The highest BCUT2D eigenvalue weighted by molar-refractivity contribution is 5.90. The Bertz CT molecular complexity index is 652. The van der Waals surface area contributed by atoms with E-state index in [9.17, 15) is 19.7 Å². The molecule has 24 heavy (non-hydrogen) atoms. The molecule has 1 heterocycles. The van der Waals surface area contributed by atoms with Crippen molar-refractivity contribution in [1.82, 2.24) is 4.90 Å². The van der Waals surface area contributed by atoms with E-state index in [4.69, 9.17) is 9.47 Å². The second-order valence-electron chi connectivity index (χ2n) is 5.20. The highest BCUT2D eigenvalue weighted by Gasteiger charge is 2.24. The smallest absolute Gasteiger partial charge is 0.331 e. The van der Waals surface area contributed by atoms with Gasteiger partial charge in [0.1, 0.15) is 0 Å². The lowest BCUT2D eigenvalue weighted by molar-refractivity contribution is -0.384. The average Bonchev–Trinajstić information content (AvgIpc) is 2.60. The van der Waals surface area contributed by atoms with Gasteiger partial charge in [0, 0.05) is 31.3 Å². The molecule has 0 radical (unpaired) electrons. The van der Waals surface area contributed by atoms with Crippen LogP contribution in [0.4, 0.5) is 5.69 Å². The molecule has 1 aliphatic rings. The van der Waals surface area contributed by atoms with Gasteiger partial charge in [-0.25, -0.2) is 4.79 Å². The Morgan fingerprint density at radius 2 is 2.08 bits per heavy atom. The number of carbonyl (C=O) groups is 2. The van der Waals surface area contributed by atoms with Crippen LogP contribution in [0.25, 0.3) is 6.08 Å². The Labute approximate surface area is 138 Å². The molecule has 1 aromatic carbocycles. The third-order valence-electron chi connectivity index (χ3n) is 3.46. The predicted molar refractivity (Wildman–Crippen MR) is 85.1 cm³/mol. The van der Waals surface area contributed by atoms with Gasteiger partial charge in [0.2, 0.25) is 0 Å². The number of rotatable bonds is 5. The molecule has 8 nitrogen and oxygen atoms in total. The summed E-state index contributed by atoms with van der Waals surface area (Å²) in [5, 5.41) is 10.7. The van der Waals surface area contributed by atoms with E-state index >= 15 is 0 Å². The number of ether oxygens (including phenoxy) is 2. The number of amides is 1. The Hall–Kier alpha value is -2.74. The van der Waals surface area contributed by atoms with Crippen LogP contribution in [0.15, 0.2) is 30.3 Å². The molecule has 1 saturated heterocycles. The Morgan fingerprint density at radius 1 is 1.38 bits per heavy atom. The van der Waals surface area contributed by atoms with Gasteiger partial charge < -0.3 is 14.4 Å². The van der Waals surface area contributed by atoms with Crippen molar-refractivity contribution in [2.75, 3.05) is 26.3 Å². The van der Waals surface area contributed by atoms with Gasteiger partial charge in [-0.1, -0.05) is 12.1 Å². The van der Waals surface area contributed by atoms with Gasteiger partial charge >= 0.3 is 5.97 Å². The molecular formula is C16H18N2O6. The van der Waals surface area contributed by atoms with Crippen LogP contribution >= 0.6 is 0 Å². The van der Waals surface area contributed by atoms with Gasteiger partial charge in [-0.15, -0.1) is 0 Å². The molecule has 0 aromatic heterocycles. The van der Waals surface area contributed by atoms with Crippen molar-refractivity contribution in [2.24, 2.45) is 0 Å². The van der Waals surface area contributed by atoms with Crippen molar-refractivity contribution in [3.05, 3.63) is 46.0 Å². The first kappa shape index (κ1) is 17.6. The monoisotopic (exact) mass is 334 g/mol.